The van der Waals surface area contributed by atoms with E-state index < -0.39 is 0 Å². The molecule has 3 heteroatoms. The maximum atomic E-state index is 8.15. The second kappa shape index (κ2) is 3.16. The van der Waals surface area contributed by atoms with Crippen LogP contribution < -0.4 is 0 Å². The van der Waals surface area contributed by atoms with E-state index >= 15 is 0 Å². The molecule has 0 bridgehead atoms. The summed E-state index contributed by atoms with van der Waals surface area (Å²) < 4.78 is 0. The summed E-state index contributed by atoms with van der Waals surface area (Å²) in [6, 6.07) is 7.14. The van der Waals surface area contributed by atoms with Crippen LogP contribution in [0.1, 0.15) is 5.56 Å². The lowest BCUT2D eigenvalue weighted by molar-refractivity contribution is 0.00457. The quantitative estimate of drug-likeness (QED) is 0.335. The van der Waals surface area contributed by atoms with Gasteiger partial charge in [-0.1, -0.05) is 23.7 Å². The van der Waals surface area contributed by atoms with Gasteiger partial charge in [0.1, 0.15) is 0 Å². The van der Waals surface area contributed by atoms with E-state index in [1.165, 1.54) is 6.21 Å². The number of rotatable bonds is 1. The van der Waals surface area contributed by atoms with Crippen LogP contribution in [-0.2, 0) is 0 Å². The van der Waals surface area contributed by atoms with Crippen LogP contribution in [0.3, 0.4) is 0 Å². The van der Waals surface area contributed by atoms with Crippen LogP contribution in [0.5, 0.6) is 0 Å². The number of hydrogen-bond acceptors (Lipinski definition) is 0. The minimum Gasteiger partial charge on any atom is -0.361 e. The van der Waals surface area contributed by atoms with Crippen molar-refractivity contribution in [1.29, 1.82) is 0 Å². The largest absolute Gasteiger partial charge is 0.361 e. The summed E-state index contributed by atoms with van der Waals surface area (Å²) >= 11 is 5.70. The van der Waals surface area contributed by atoms with Crippen LogP contribution >= 0.6 is 11.6 Å². The van der Waals surface area contributed by atoms with Gasteiger partial charge in [0.2, 0.25) is 0 Å². The lowest BCUT2D eigenvalue weighted by Gasteiger charge is -1.88. The first-order valence-electron chi connectivity index (χ1n) is 2.76. The Kier molecular flexibility index (Phi) is 2.21. The molecule has 1 rings (SSSR count). The average Bonchev–Trinajstić information content (AvgIpc) is 1.94. The van der Waals surface area contributed by atoms with E-state index in [4.69, 9.17) is 17.1 Å². The maximum absolute atomic E-state index is 8.15. The fraction of sp³-hybridized carbons (Fsp3) is 0. The highest BCUT2D eigenvalue weighted by atomic mass is 35.5. The Labute approximate surface area is 63.7 Å². The third-order valence-electron chi connectivity index (χ3n) is 1.10. The predicted octanol–water partition coefficient (Wildman–Crippen LogP) is 1.99. The topological polar surface area (TPSA) is 36.4 Å². The Bertz CT molecular complexity index is 277. The molecule has 0 aromatic heterocycles. The van der Waals surface area contributed by atoms with Crippen molar-refractivity contribution in [2.75, 3.05) is 0 Å². The number of benzene rings is 1. The van der Waals surface area contributed by atoms with Crippen molar-refractivity contribution in [3.05, 3.63) is 40.4 Å². The van der Waals surface area contributed by atoms with Gasteiger partial charge in [-0.3, -0.25) is 0 Å². The smallest absolute Gasteiger partial charge is 0.289 e. The average molecular weight is 153 g/mol. The van der Waals surface area contributed by atoms with Crippen LogP contribution in [0.15, 0.2) is 24.3 Å². The monoisotopic (exact) mass is 152 g/mol. The highest BCUT2D eigenvalue weighted by Crippen LogP contribution is 2.11. The van der Waals surface area contributed by atoms with Crippen molar-refractivity contribution in [3.8, 4) is 0 Å². The van der Waals surface area contributed by atoms with Gasteiger partial charge in [-0.25, -0.2) is 0 Å². The van der Waals surface area contributed by atoms with Gasteiger partial charge < -0.3 is 5.53 Å². The molecular formula is C7H5ClN2. The molecule has 0 heterocycles. The first-order chi connectivity index (χ1) is 4.84. The minimum atomic E-state index is 0.584. The molecule has 0 radical (unpaired) electrons. The molecule has 1 aromatic carbocycles. The Hall–Kier alpha value is -1.11. The summed E-state index contributed by atoms with van der Waals surface area (Å²) in [6.45, 7) is 0. The molecule has 2 nitrogen and oxygen atoms in total. The van der Waals surface area contributed by atoms with Crippen LogP contribution in [0.4, 0.5) is 0 Å². The fourth-order valence-electron chi connectivity index (χ4n) is 0.642. The Balaban J connectivity index is 3.14. The van der Waals surface area contributed by atoms with Gasteiger partial charge in [0.15, 0.2) is 0 Å². The molecule has 50 valence electrons. The molecule has 0 fully saturated rings. The summed E-state index contributed by atoms with van der Waals surface area (Å²) in [5.41, 5.74) is 8.87. The zero-order chi connectivity index (χ0) is 7.40. The molecule has 0 spiro atoms. The number of nitrogens with zero attached hydrogens (tertiary/aromatic N) is 2. The molecule has 0 amide bonds. The number of halogens is 1. The second-order valence-electron chi connectivity index (χ2n) is 1.77. The molecule has 0 aliphatic rings. The Morgan fingerprint density at radius 3 is 2.70 bits per heavy atom. The van der Waals surface area contributed by atoms with E-state index in [0.717, 1.165) is 0 Å². The van der Waals surface area contributed by atoms with Crippen LogP contribution in [0, 0.1) is 0 Å². The van der Waals surface area contributed by atoms with Crippen molar-refractivity contribution >= 4 is 17.8 Å². The normalized spacial score (nSPS) is 8.50. The molecule has 1 aromatic rings. The van der Waals surface area contributed by atoms with Gasteiger partial charge in [-0.2, -0.15) is 4.79 Å². The van der Waals surface area contributed by atoms with Crippen LogP contribution in [0.2, 0.25) is 5.02 Å². The summed E-state index contributed by atoms with van der Waals surface area (Å²) in [5.74, 6) is 0. The van der Waals surface area contributed by atoms with Crippen molar-refractivity contribution in [3.63, 3.8) is 0 Å². The molecule has 0 saturated carbocycles. The van der Waals surface area contributed by atoms with Gasteiger partial charge in [-0.05, 0) is 12.1 Å². The van der Waals surface area contributed by atoms with E-state index in [2.05, 4.69) is 4.79 Å². The first-order valence-corrected chi connectivity index (χ1v) is 3.14. The second-order valence-corrected chi connectivity index (χ2v) is 2.17. The number of hydrogen-bond donors (Lipinski definition) is 0. The lowest BCUT2D eigenvalue weighted by Crippen LogP contribution is -1.80. The summed E-state index contributed by atoms with van der Waals surface area (Å²) in [5, 5.41) is 0.584. The van der Waals surface area contributed by atoms with Crippen molar-refractivity contribution in [1.82, 2.24) is 0 Å². The lowest BCUT2D eigenvalue weighted by atomic mass is 10.2. The third kappa shape index (κ3) is 1.44. The SMILES string of the molecule is [N-]=[N+]=Cc1ccccc1Cl. The molecular weight excluding hydrogens is 148 g/mol. The van der Waals surface area contributed by atoms with Crippen LogP contribution in [-0.4, -0.2) is 11.0 Å². The minimum absolute atomic E-state index is 0.584. The van der Waals surface area contributed by atoms with Crippen molar-refractivity contribution in [2.45, 2.75) is 0 Å². The molecule has 0 aliphatic carbocycles. The van der Waals surface area contributed by atoms with Gasteiger partial charge in [0.25, 0.3) is 6.21 Å². The molecule has 0 aliphatic heterocycles. The summed E-state index contributed by atoms with van der Waals surface area (Å²) in [6.07, 6.45) is 1.29. The Morgan fingerprint density at radius 2 is 2.10 bits per heavy atom. The molecule has 0 saturated heterocycles. The van der Waals surface area contributed by atoms with E-state index in [0.29, 0.717) is 10.6 Å². The van der Waals surface area contributed by atoms with Crippen molar-refractivity contribution < 1.29 is 4.79 Å². The van der Waals surface area contributed by atoms with E-state index in [1.807, 2.05) is 12.1 Å². The highest BCUT2D eigenvalue weighted by molar-refractivity contribution is 6.32. The van der Waals surface area contributed by atoms with E-state index in [9.17, 15) is 0 Å². The van der Waals surface area contributed by atoms with Crippen LogP contribution in [0.25, 0.3) is 5.53 Å². The maximum Gasteiger partial charge on any atom is 0.289 e. The van der Waals surface area contributed by atoms with Gasteiger partial charge in [0, 0.05) is 0 Å². The third-order valence-corrected chi connectivity index (χ3v) is 1.45. The van der Waals surface area contributed by atoms with Gasteiger partial charge in [0.05, 0.1) is 10.6 Å². The fourth-order valence-corrected chi connectivity index (χ4v) is 0.827. The zero-order valence-electron chi connectivity index (χ0n) is 5.16. The van der Waals surface area contributed by atoms with E-state index in [1.54, 1.807) is 12.1 Å². The van der Waals surface area contributed by atoms with Gasteiger partial charge >= 0.3 is 0 Å². The zero-order valence-corrected chi connectivity index (χ0v) is 5.92. The summed E-state index contributed by atoms with van der Waals surface area (Å²) in [4.78, 5) is 2.86. The molecule has 0 atom stereocenters. The molecule has 10 heavy (non-hydrogen) atoms. The van der Waals surface area contributed by atoms with E-state index in [-0.39, 0.29) is 0 Å². The summed E-state index contributed by atoms with van der Waals surface area (Å²) in [7, 11) is 0. The predicted molar refractivity (Wildman–Crippen MR) is 40.2 cm³/mol. The van der Waals surface area contributed by atoms with Gasteiger partial charge in [-0.15, -0.1) is 0 Å². The highest BCUT2D eigenvalue weighted by Gasteiger charge is 1.96. The Morgan fingerprint density at radius 1 is 1.40 bits per heavy atom. The van der Waals surface area contributed by atoms with Crippen molar-refractivity contribution in [2.24, 2.45) is 0 Å². The standard InChI is InChI=1S/C7H5ClN2/c8-7-4-2-1-3-6(7)5-10-9/h1-5H. The molecule has 0 N–H and O–H groups in total. The first kappa shape index (κ1) is 7.00. The molecule has 0 unspecified atom stereocenters.